The minimum atomic E-state index is 0.656. The van der Waals surface area contributed by atoms with Gasteiger partial charge in [-0.25, -0.2) is 0 Å². The first-order chi connectivity index (χ1) is 8.85. The zero-order valence-corrected chi connectivity index (χ0v) is 11.5. The number of hydrogen-bond donors (Lipinski definition) is 1. The van der Waals surface area contributed by atoms with E-state index >= 15 is 0 Å². The second-order valence-corrected chi connectivity index (χ2v) is 4.96. The van der Waals surface area contributed by atoms with Crippen LogP contribution in [0.1, 0.15) is 45.2 Å². The maximum absolute atomic E-state index is 4.37. The van der Waals surface area contributed by atoms with Crippen molar-refractivity contribution < 1.29 is 0 Å². The molecule has 0 aromatic carbocycles. The molecule has 4 nitrogen and oxygen atoms in total. The molecule has 1 aliphatic rings. The quantitative estimate of drug-likeness (QED) is 0.785. The molecule has 0 aliphatic carbocycles. The van der Waals surface area contributed by atoms with E-state index in [4.69, 9.17) is 0 Å². The van der Waals surface area contributed by atoms with Crippen LogP contribution in [0.5, 0.6) is 0 Å². The van der Waals surface area contributed by atoms with E-state index in [9.17, 15) is 0 Å². The number of anilines is 1. The highest BCUT2D eigenvalue weighted by Gasteiger charge is 2.23. The standard InChI is InChI=1S/C14H24N4/c1-3-9-15-11-12-7-8-14(17-16-12)18-10-5-6-13(18)4-2/h7-8,13,15H,3-6,9-11H2,1-2H3. The zero-order chi connectivity index (χ0) is 12.8. The van der Waals surface area contributed by atoms with Gasteiger partial charge >= 0.3 is 0 Å². The lowest BCUT2D eigenvalue weighted by atomic mass is 10.2. The van der Waals surface area contributed by atoms with Gasteiger partial charge < -0.3 is 10.2 Å². The third-order valence-corrected chi connectivity index (χ3v) is 3.58. The molecule has 0 bridgehead atoms. The largest absolute Gasteiger partial charge is 0.352 e. The summed E-state index contributed by atoms with van der Waals surface area (Å²) >= 11 is 0. The van der Waals surface area contributed by atoms with Crippen molar-refractivity contribution >= 4 is 5.82 Å². The molecule has 1 saturated heterocycles. The number of rotatable bonds is 6. The molecule has 0 saturated carbocycles. The van der Waals surface area contributed by atoms with E-state index in [1.807, 2.05) is 0 Å². The van der Waals surface area contributed by atoms with Crippen molar-refractivity contribution in [3.8, 4) is 0 Å². The van der Waals surface area contributed by atoms with Crippen LogP contribution in [0.2, 0.25) is 0 Å². The van der Waals surface area contributed by atoms with Crippen molar-refractivity contribution in [2.24, 2.45) is 0 Å². The summed E-state index contributed by atoms with van der Waals surface area (Å²) in [7, 11) is 0. The topological polar surface area (TPSA) is 41.0 Å². The molecular formula is C14H24N4. The summed E-state index contributed by atoms with van der Waals surface area (Å²) in [6.07, 6.45) is 4.91. The average Bonchev–Trinajstić information content (AvgIpc) is 2.88. The molecule has 1 unspecified atom stereocenters. The van der Waals surface area contributed by atoms with E-state index in [0.717, 1.165) is 37.6 Å². The van der Waals surface area contributed by atoms with Crippen LogP contribution in [0.25, 0.3) is 0 Å². The lowest BCUT2D eigenvalue weighted by Crippen LogP contribution is -2.29. The molecule has 0 radical (unpaired) electrons. The minimum absolute atomic E-state index is 0.656. The second-order valence-electron chi connectivity index (χ2n) is 4.96. The first kappa shape index (κ1) is 13.3. The molecule has 18 heavy (non-hydrogen) atoms. The molecule has 100 valence electrons. The maximum atomic E-state index is 4.37. The molecule has 0 amide bonds. The van der Waals surface area contributed by atoms with Crippen molar-refractivity contribution in [3.05, 3.63) is 17.8 Å². The molecule has 4 heteroatoms. The van der Waals surface area contributed by atoms with Crippen LogP contribution >= 0.6 is 0 Å². The molecule has 1 aromatic heterocycles. The van der Waals surface area contributed by atoms with Gasteiger partial charge in [-0.2, -0.15) is 5.10 Å². The smallest absolute Gasteiger partial charge is 0.151 e. The van der Waals surface area contributed by atoms with E-state index in [0.29, 0.717) is 6.04 Å². The van der Waals surface area contributed by atoms with E-state index in [-0.39, 0.29) is 0 Å². The van der Waals surface area contributed by atoms with Crippen molar-refractivity contribution in [2.45, 2.75) is 52.1 Å². The third-order valence-electron chi connectivity index (χ3n) is 3.58. The fourth-order valence-corrected chi connectivity index (χ4v) is 2.56. The minimum Gasteiger partial charge on any atom is -0.352 e. The Balaban J connectivity index is 1.94. The lowest BCUT2D eigenvalue weighted by Gasteiger charge is -2.24. The third kappa shape index (κ3) is 3.19. The number of nitrogens with one attached hydrogen (secondary N) is 1. The van der Waals surface area contributed by atoms with Gasteiger partial charge in [-0.15, -0.1) is 5.10 Å². The first-order valence-electron chi connectivity index (χ1n) is 7.15. The van der Waals surface area contributed by atoms with Crippen LogP contribution in [0, 0.1) is 0 Å². The fourth-order valence-electron chi connectivity index (χ4n) is 2.56. The first-order valence-corrected chi connectivity index (χ1v) is 7.15. The Morgan fingerprint density at radius 2 is 2.22 bits per heavy atom. The highest BCUT2D eigenvalue weighted by molar-refractivity contribution is 5.40. The Hall–Kier alpha value is -1.16. The Morgan fingerprint density at radius 1 is 1.33 bits per heavy atom. The Kier molecular flexibility index (Phi) is 4.93. The number of hydrogen-bond acceptors (Lipinski definition) is 4. The molecule has 2 heterocycles. The van der Waals surface area contributed by atoms with Crippen LogP contribution in [-0.4, -0.2) is 29.3 Å². The summed E-state index contributed by atoms with van der Waals surface area (Å²) in [5, 5.41) is 12.0. The van der Waals surface area contributed by atoms with Gasteiger partial charge in [0, 0.05) is 19.1 Å². The summed E-state index contributed by atoms with van der Waals surface area (Å²) in [4.78, 5) is 2.40. The van der Waals surface area contributed by atoms with Gasteiger partial charge in [0.15, 0.2) is 5.82 Å². The van der Waals surface area contributed by atoms with E-state index in [1.54, 1.807) is 0 Å². The summed E-state index contributed by atoms with van der Waals surface area (Å²) in [5.74, 6) is 1.04. The van der Waals surface area contributed by atoms with Gasteiger partial charge in [-0.3, -0.25) is 0 Å². The van der Waals surface area contributed by atoms with Crippen molar-refractivity contribution in [3.63, 3.8) is 0 Å². The monoisotopic (exact) mass is 248 g/mol. The molecule has 0 spiro atoms. The lowest BCUT2D eigenvalue weighted by molar-refractivity contribution is 0.630. The van der Waals surface area contributed by atoms with Crippen LogP contribution < -0.4 is 10.2 Å². The van der Waals surface area contributed by atoms with Crippen LogP contribution in [0.3, 0.4) is 0 Å². The van der Waals surface area contributed by atoms with Gasteiger partial charge in [-0.1, -0.05) is 13.8 Å². The number of nitrogens with zero attached hydrogens (tertiary/aromatic N) is 3. The average molecular weight is 248 g/mol. The van der Waals surface area contributed by atoms with E-state index in [2.05, 4.69) is 46.4 Å². The molecule has 1 aromatic rings. The molecule has 1 atom stereocenters. The van der Waals surface area contributed by atoms with Gasteiger partial charge in [0.2, 0.25) is 0 Å². The predicted molar refractivity (Wildman–Crippen MR) is 74.7 cm³/mol. The normalized spacial score (nSPS) is 19.4. The fraction of sp³-hybridized carbons (Fsp3) is 0.714. The van der Waals surface area contributed by atoms with Crippen LogP contribution in [0.4, 0.5) is 5.82 Å². The van der Waals surface area contributed by atoms with E-state index in [1.165, 1.54) is 19.3 Å². The molecular weight excluding hydrogens is 224 g/mol. The summed E-state index contributed by atoms with van der Waals surface area (Å²) in [5.41, 5.74) is 1.03. The zero-order valence-electron chi connectivity index (χ0n) is 11.5. The maximum Gasteiger partial charge on any atom is 0.151 e. The number of aromatic nitrogens is 2. The highest BCUT2D eigenvalue weighted by atomic mass is 15.3. The van der Waals surface area contributed by atoms with Gasteiger partial charge in [0.05, 0.1) is 5.69 Å². The second kappa shape index (κ2) is 6.69. The van der Waals surface area contributed by atoms with Crippen molar-refractivity contribution in [2.75, 3.05) is 18.0 Å². The molecule has 2 rings (SSSR count). The highest BCUT2D eigenvalue weighted by Crippen LogP contribution is 2.24. The molecule has 1 fully saturated rings. The van der Waals surface area contributed by atoms with Crippen molar-refractivity contribution in [1.82, 2.24) is 15.5 Å². The van der Waals surface area contributed by atoms with E-state index < -0.39 is 0 Å². The van der Waals surface area contributed by atoms with Crippen molar-refractivity contribution in [1.29, 1.82) is 0 Å². The van der Waals surface area contributed by atoms with Gasteiger partial charge in [-0.05, 0) is 44.4 Å². The summed E-state index contributed by atoms with van der Waals surface area (Å²) < 4.78 is 0. The Labute approximate surface area is 110 Å². The summed E-state index contributed by atoms with van der Waals surface area (Å²) in [6, 6.07) is 4.86. The Morgan fingerprint density at radius 3 is 2.89 bits per heavy atom. The Bertz CT molecular complexity index is 349. The van der Waals surface area contributed by atoms with Crippen LogP contribution in [0.15, 0.2) is 12.1 Å². The van der Waals surface area contributed by atoms with Crippen LogP contribution in [-0.2, 0) is 6.54 Å². The molecule has 1 aliphatic heterocycles. The SMILES string of the molecule is CCCNCc1ccc(N2CCCC2CC)nn1. The summed E-state index contributed by atoms with van der Waals surface area (Å²) in [6.45, 7) is 7.39. The molecule has 1 N–H and O–H groups in total. The van der Waals surface area contributed by atoms with Gasteiger partial charge in [0.25, 0.3) is 0 Å². The predicted octanol–water partition coefficient (Wildman–Crippen LogP) is 2.36. The van der Waals surface area contributed by atoms with Gasteiger partial charge in [0.1, 0.15) is 0 Å².